The Kier molecular flexibility index (Phi) is 6.33. The van der Waals surface area contributed by atoms with Crippen molar-refractivity contribution in [3.05, 3.63) is 27.7 Å². The monoisotopic (exact) mass is 341 g/mol. The Morgan fingerprint density at radius 3 is 2.75 bits per heavy atom. The Morgan fingerprint density at radius 1 is 1.30 bits per heavy atom. The van der Waals surface area contributed by atoms with E-state index in [1.54, 1.807) is 7.11 Å². The lowest BCUT2D eigenvalue weighted by Gasteiger charge is -2.19. The van der Waals surface area contributed by atoms with Gasteiger partial charge in [0, 0.05) is 30.2 Å². The highest BCUT2D eigenvalue weighted by molar-refractivity contribution is 9.10. The molecule has 112 valence electrons. The fraction of sp³-hybridized carbons (Fsp3) is 0.625. The molecule has 1 aromatic rings. The van der Waals surface area contributed by atoms with E-state index in [0.717, 1.165) is 29.9 Å². The highest BCUT2D eigenvalue weighted by atomic mass is 79.9. The normalized spacial score (nSPS) is 15.8. The predicted molar refractivity (Wildman–Crippen MR) is 85.3 cm³/mol. The minimum atomic E-state index is 0.396. The zero-order chi connectivity index (χ0) is 14.4. The van der Waals surface area contributed by atoms with Crippen molar-refractivity contribution in [1.82, 2.24) is 5.32 Å². The number of halogens is 1. The largest absolute Gasteiger partial charge is 0.490 e. The first kappa shape index (κ1) is 15.8. The van der Waals surface area contributed by atoms with E-state index in [2.05, 4.69) is 40.3 Å². The number of benzene rings is 1. The molecule has 0 saturated heterocycles. The average molecular weight is 342 g/mol. The molecule has 0 heterocycles. The first-order valence-corrected chi connectivity index (χ1v) is 8.15. The van der Waals surface area contributed by atoms with Gasteiger partial charge in [0.15, 0.2) is 0 Å². The van der Waals surface area contributed by atoms with Gasteiger partial charge in [-0.2, -0.15) is 0 Å². The number of rotatable bonds is 7. The van der Waals surface area contributed by atoms with Crippen LogP contribution >= 0.6 is 15.9 Å². The molecule has 1 aliphatic rings. The van der Waals surface area contributed by atoms with Crippen molar-refractivity contribution in [1.29, 1.82) is 0 Å². The molecule has 0 aromatic heterocycles. The van der Waals surface area contributed by atoms with Gasteiger partial charge in [-0.1, -0.05) is 15.9 Å². The van der Waals surface area contributed by atoms with Gasteiger partial charge < -0.3 is 14.8 Å². The molecule has 2 rings (SSSR count). The molecule has 0 unspecified atom stereocenters. The van der Waals surface area contributed by atoms with Gasteiger partial charge in [0.2, 0.25) is 0 Å². The van der Waals surface area contributed by atoms with Crippen LogP contribution in [0.2, 0.25) is 0 Å². The van der Waals surface area contributed by atoms with Crippen molar-refractivity contribution in [3.8, 4) is 5.75 Å². The third-order valence-electron chi connectivity index (χ3n) is 3.70. The van der Waals surface area contributed by atoms with E-state index in [4.69, 9.17) is 9.47 Å². The van der Waals surface area contributed by atoms with Gasteiger partial charge in [-0.15, -0.1) is 0 Å². The van der Waals surface area contributed by atoms with Crippen molar-refractivity contribution in [2.24, 2.45) is 0 Å². The minimum absolute atomic E-state index is 0.396. The number of hydrogen-bond acceptors (Lipinski definition) is 3. The zero-order valence-corrected chi connectivity index (χ0v) is 14.0. The summed E-state index contributed by atoms with van der Waals surface area (Å²) in [7, 11) is 1.72. The molecule has 4 heteroatoms. The van der Waals surface area contributed by atoms with Gasteiger partial charge >= 0.3 is 0 Å². The van der Waals surface area contributed by atoms with Crippen LogP contribution in [0.25, 0.3) is 0 Å². The summed E-state index contributed by atoms with van der Waals surface area (Å²) in [6.07, 6.45) is 5.36. The van der Waals surface area contributed by atoms with Crippen LogP contribution in [-0.2, 0) is 11.3 Å². The molecule has 1 saturated carbocycles. The molecule has 1 aliphatic carbocycles. The summed E-state index contributed by atoms with van der Waals surface area (Å²) in [5.41, 5.74) is 2.43. The van der Waals surface area contributed by atoms with Crippen LogP contribution in [0.4, 0.5) is 0 Å². The topological polar surface area (TPSA) is 30.5 Å². The summed E-state index contributed by atoms with van der Waals surface area (Å²) >= 11 is 3.57. The first-order chi connectivity index (χ1) is 9.70. The highest BCUT2D eigenvalue weighted by Crippen LogP contribution is 2.32. The lowest BCUT2D eigenvalue weighted by molar-refractivity contribution is 0.196. The molecule has 0 radical (unpaired) electrons. The SMILES string of the molecule is COCCNCc1cc(Br)cc(C)c1OC1CCCC1. The second-order valence-corrected chi connectivity index (χ2v) is 6.32. The molecule has 0 aliphatic heterocycles. The summed E-state index contributed by atoms with van der Waals surface area (Å²) in [6, 6.07) is 4.28. The van der Waals surface area contributed by atoms with E-state index >= 15 is 0 Å². The Bertz CT molecular complexity index is 431. The smallest absolute Gasteiger partial charge is 0.127 e. The molecular formula is C16H24BrNO2. The van der Waals surface area contributed by atoms with Crippen molar-refractivity contribution in [2.75, 3.05) is 20.3 Å². The van der Waals surface area contributed by atoms with Crippen LogP contribution in [0.5, 0.6) is 5.75 Å². The number of ether oxygens (including phenoxy) is 2. The third kappa shape index (κ3) is 4.47. The molecule has 0 spiro atoms. The van der Waals surface area contributed by atoms with Crippen LogP contribution in [0.3, 0.4) is 0 Å². The fourth-order valence-electron chi connectivity index (χ4n) is 2.67. The Hall–Kier alpha value is -0.580. The maximum atomic E-state index is 6.26. The fourth-order valence-corrected chi connectivity index (χ4v) is 3.29. The molecule has 1 fully saturated rings. The average Bonchev–Trinajstić information content (AvgIpc) is 2.91. The highest BCUT2D eigenvalue weighted by Gasteiger charge is 2.19. The van der Waals surface area contributed by atoms with Crippen molar-refractivity contribution in [2.45, 2.75) is 45.3 Å². The quantitative estimate of drug-likeness (QED) is 0.765. The first-order valence-electron chi connectivity index (χ1n) is 7.36. The number of methoxy groups -OCH3 is 1. The second kappa shape index (κ2) is 8.01. The lowest BCUT2D eigenvalue weighted by Crippen LogP contribution is -2.20. The van der Waals surface area contributed by atoms with Gasteiger partial charge in [-0.25, -0.2) is 0 Å². The third-order valence-corrected chi connectivity index (χ3v) is 4.16. The molecule has 0 amide bonds. The zero-order valence-electron chi connectivity index (χ0n) is 12.4. The number of aryl methyl sites for hydroxylation is 1. The molecule has 3 nitrogen and oxygen atoms in total. The molecular weight excluding hydrogens is 318 g/mol. The lowest BCUT2D eigenvalue weighted by atomic mass is 10.1. The van der Waals surface area contributed by atoms with Crippen molar-refractivity contribution < 1.29 is 9.47 Å². The van der Waals surface area contributed by atoms with Gasteiger partial charge in [0.25, 0.3) is 0 Å². The van der Waals surface area contributed by atoms with Crippen molar-refractivity contribution >= 4 is 15.9 Å². The molecule has 0 atom stereocenters. The molecule has 20 heavy (non-hydrogen) atoms. The van der Waals surface area contributed by atoms with E-state index in [1.165, 1.54) is 36.8 Å². The van der Waals surface area contributed by atoms with Gasteiger partial charge in [-0.3, -0.25) is 0 Å². The minimum Gasteiger partial charge on any atom is -0.490 e. The van der Waals surface area contributed by atoms with Crippen LogP contribution in [0.1, 0.15) is 36.8 Å². The Morgan fingerprint density at radius 2 is 2.05 bits per heavy atom. The van der Waals surface area contributed by atoms with Gasteiger partial charge in [0.05, 0.1) is 12.7 Å². The van der Waals surface area contributed by atoms with E-state index in [1.807, 2.05) is 0 Å². The number of nitrogens with one attached hydrogen (secondary N) is 1. The van der Waals surface area contributed by atoms with Crippen LogP contribution < -0.4 is 10.1 Å². The summed E-state index contributed by atoms with van der Waals surface area (Å²) < 4.78 is 12.4. The second-order valence-electron chi connectivity index (χ2n) is 5.40. The maximum absolute atomic E-state index is 6.26. The van der Waals surface area contributed by atoms with Crippen LogP contribution in [-0.4, -0.2) is 26.4 Å². The number of hydrogen-bond donors (Lipinski definition) is 1. The van der Waals surface area contributed by atoms with Crippen LogP contribution in [0, 0.1) is 6.92 Å². The van der Waals surface area contributed by atoms with Crippen molar-refractivity contribution in [3.63, 3.8) is 0 Å². The summed E-state index contributed by atoms with van der Waals surface area (Å²) in [5, 5.41) is 3.40. The van der Waals surface area contributed by atoms with E-state index < -0.39 is 0 Å². The molecule has 1 N–H and O–H groups in total. The summed E-state index contributed by atoms with van der Waals surface area (Å²) in [4.78, 5) is 0. The van der Waals surface area contributed by atoms with Gasteiger partial charge in [-0.05, 0) is 50.3 Å². The Balaban J connectivity index is 2.06. The molecule has 1 aromatic carbocycles. The maximum Gasteiger partial charge on any atom is 0.127 e. The van der Waals surface area contributed by atoms with Gasteiger partial charge in [0.1, 0.15) is 5.75 Å². The van der Waals surface area contributed by atoms with E-state index in [-0.39, 0.29) is 0 Å². The van der Waals surface area contributed by atoms with Crippen LogP contribution in [0.15, 0.2) is 16.6 Å². The standard InChI is InChI=1S/C16H24BrNO2/c1-12-9-14(17)10-13(11-18-7-8-19-2)16(12)20-15-5-3-4-6-15/h9-10,15,18H,3-8,11H2,1-2H3. The Labute approximate surface area is 130 Å². The predicted octanol–water partition coefficient (Wildman–Crippen LogP) is 3.81. The summed E-state index contributed by atoms with van der Waals surface area (Å²) in [5.74, 6) is 1.06. The van der Waals surface area contributed by atoms with E-state index in [0.29, 0.717) is 6.10 Å². The molecule has 0 bridgehead atoms. The van der Waals surface area contributed by atoms with E-state index in [9.17, 15) is 0 Å². The summed E-state index contributed by atoms with van der Waals surface area (Å²) in [6.45, 7) is 4.51.